The summed E-state index contributed by atoms with van der Waals surface area (Å²) < 4.78 is 37.4. The van der Waals surface area contributed by atoms with E-state index < -0.39 is 28.5 Å². The maximum Gasteiger partial charge on any atom is 0.339 e. The monoisotopic (exact) mass is 498 g/mol. The third-order valence-electron chi connectivity index (χ3n) is 5.44. The average Bonchev–Trinajstić information content (AvgIpc) is 3.24. The van der Waals surface area contributed by atoms with E-state index in [1.807, 2.05) is 0 Å². The zero-order chi connectivity index (χ0) is 22.7. The minimum atomic E-state index is -3.74. The second-order valence-electron chi connectivity index (χ2n) is 7.54. The van der Waals surface area contributed by atoms with Crippen LogP contribution in [-0.4, -0.2) is 57.5 Å². The van der Waals surface area contributed by atoms with Crippen LogP contribution in [0.5, 0.6) is 0 Å². The van der Waals surface area contributed by atoms with Crippen molar-refractivity contribution >= 4 is 50.5 Å². The highest BCUT2D eigenvalue weighted by Gasteiger charge is 2.27. The average molecular weight is 499 g/mol. The molecule has 2 heterocycles. The molecule has 4 rings (SSSR count). The topological polar surface area (TPSA) is 102 Å². The first-order valence-electron chi connectivity index (χ1n) is 10.3. The number of nitrogens with zero attached hydrogens (tertiary/aromatic N) is 1. The number of esters is 1. The normalized spacial score (nSPS) is 16.9. The number of nitrogens with one attached hydrogen (secondary N) is 1. The van der Waals surface area contributed by atoms with Crippen LogP contribution in [0.3, 0.4) is 0 Å². The van der Waals surface area contributed by atoms with Crippen molar-refractivity contribution in [3.8, 4) is 0 Å². The van der Waals surface area contributed by atoms with E-state index in [9.17, 15) is 18.0 Å². The predicted molar refractivity (Wildman–Crippen MR) is 121 cm³/mol. The first kappa shape index (κ1) is 23.2. The molecule has 11 heteroatoms. The number of hydrogen-bond donors (Lipinski definition) is 1. The molecule has 32 heavy (non-hydrogen) atoms. The Hall–Kier alpha value is -1.98. The number of thiophene rings is 1. The van der Waals surface area contributed by atoms with Crippen LogP contribution in [0.4, 0.5) is 5.69 Å². The van der Waals surface area contributed by atoms with Gasteiger partial charge in [0.1, 0.15) is 0 Å². The van der Waals surface area contributed by atoms with E-state index in [-0.39, 0.29) is 28.7 Å². The maximum atomic E-state index is 12.8. The molecule has 0 unspecified atom stereocenters. The van der Waals surface area contributed by atoms with Crippen molar-refractivity contribution in [3.63, 3.8) is 0 Å². The van der Waals surface area contributed by atoms with E-state index in [1.165, 1.54) is 27.4 Å². The van der Waals surface area contributed by atoms with E-state index in [0.717, 1.165) is 31.2 Å². The van der Waals surface area contributed by atoms with E-state index in [1.54, 1.807) is 16.7 Å². The molecule has 1 N–H and O–H groups in total. The van der Waals surface area contributed by atoms with Gasteiger partial charge in [0.2, 0.25) is 10.0 Å². The highest BCUT2D eigenvalue weighted by molar-refractivity contribution is 7.89. The zero-order valence-corrected chi connectivity index (χ0v) is 19.7. The second-order valence-corrected chi connectivity index (χ2v) is 10.8. The van der Waals surface area contributed by atoms with Crippen LogP contribution in [0.2, 0.25) is 5.02 Å². The van der Waals surface area contributed by atoms with Gasteiger partial charge in [-0.3, -0.25) is 4.79 Å². The van der Waals surface area contributed by atoms with Crippen LogP contribution < -0.4 is 5.32 Å². The fraction of sp³-hybridized carbons (Fsp3) is 0.429. The Morgan fingerprint density at radius 1 is 1.19 bits per heavy atom. The summed E-state index contributed by atoms with van der Waals surface area (Å²) in [6.07, 6.45) is 3.96. The van der Waals surface area contributed by atoms with Gasteiger partial charge in [-0.25, -0.2) is 13.2 Å². The van der Waals surface area contributed by atoms with Crippen LogP contribution in [-0.2, 0) is 37.1 Å². The van der Waals surface area contributed by atoms with Gasteiger partial charge in [0.25, 0.3) is 5.91 Å². The van der Waals surface area contributed by atoms with Gasteiger partial charge in [-0.1, -0.05) is 11.6 Å². The van der Waals surface area contributed by atoms with Crippen molar-refractivity contribution < 1.29 is 27.5 Å². The molecule has 1 aliphatic heterocycles. The quantitative estimate of drug-likeness (QED) is 0.614. The van der Waals surface area contributed by atoms with Crippen LogP contribution in [0.1, 0.15) is 33.6 Å². The summed E-state index contributed by atoms with van der Waals surface area (Å²) in [5.41, 5.74) is 1.68. The van der Waals surface area contributed by atoms with Gasteiger partial charge in [-0.2, -0.15) is 4.31 Å². The Labute approximate surface area is 195 Å². The zero-order valence-electron chi connectivity index (χ0n) is 17.3. The predicted octanol–water partition coefficient (Wildman–Crippen LogP) is 3.10. The van der Waals surface area contributed by atoms with Gasteiger partial charge in [0.05, 0.1) is 34.4 Å². The molecule has 1 amide bonds. The Balaban J connectivity index is 1.40. The number of halogens is 1. The maximum absolute atomic E-state index is 12.8. The highest BCUT2D eigenvalue weighted by Crippen LogP contribution is 2.31. The molecule has 1 aromatic heterocycles. The van der Waals surface area contributed by atoms with Gasteiger partial charge in [-0.05, 0) is 49.4 Å². The van der Waals surface area contributed by atoms with Gasteiger partial charge in [0, 0.05) is 23.3 Å². The molecule has 172 valence electrons. The summed E-state index contributed by atoms with van der Waals surface area (Å²) in [5, 5.41) is 4.50. The Kier molecular flexibility index (Phi) is 7.16. The Morgan fingerprint density at radius 2 is 1.94 bits per heavy atom. The van der Waals surface area contributed by atoms with E-state index in [2.05, 4.69) is 5.32 Å². The lowest BCUT2D eigenvalue weighted by Crippen LogP contribution is -2.40. The highest BCUT2D eigenvalue weighted by atomic mass is 35.5. The number of hydrogen-bond acceptors (Lipinski definition) is 7. The van der Waals surface area contributed by atoms with Gasteiger partial charge >= 0.3 is 5.97 Å². The van der Waals surface area contributed by atoms with Gasteiger partial charge < -0.3 is 14.8 Å². The molecule has 2 aromatic rings. The van der Waals surface area contributed by atoms with Crippen molar-refractivity contribution in [2.75, 3.05) is 38.2 Å². The molecule has 0 radical (unpaired) electrons. The molecule has 1 fully saturated rings. The lowest BCUT2D eigenvalue weighted by Gasteiger charge is -2.26. The SMILES string of the molecule is O=C(COC(=O)c1csc2c1CCCC2)Nc1cc(S(=O)(=O)N2CCOCC2)ccc1Cl. The molecule has 1 saturated heterocycles. The fourth-order valence-corrected chi connectivity index (χ4v) is 6.47. The van der Waals surface area contributed by atoms with Crippen molar-refractivity contribution in [2.45, 2.75) is 30.6 Å². The molecular weight excluding hydrogens is 476 g/mol. The first-order chi connectivity index (χ1) is 15.4. The summed E-state index contributed by atoms with van der Waals surface area (Å²) in [6.45, 7) is 0.675. The molecule has 1 aliphatic carbocycles. The number of carbonyl (C=O) groups excluding carboxylic acids is 2. The number of aryl methyl sites for hydroxylation is 1. The number of benzene rings is 1. The number of anilines is 1. The van der Waals surface area contributed by atoms with E-state index >= 15 is 0 Å². The van der Waals surface area contributed by atoms with Crippen LogP contribution in [0.15, 0.2) is 28.5 Å². The summed E-state index contributed by atoms with van der Waals surface area (Å²) >= 11 is 7.70. The lowest BCUT2D eigenvalue weighted by molar-refractivity contribution is -0.119. The number of morpholine rings is 1. The number of rotatable bonds is 6. The minimum absolute atomic E-state index is 0.0148. The number of amides is 1. The van der Waals surface area contributed by atoms with Crippen LogP contribution >= 0.6 is 22.9 Å². The lowest BCUT2D eigenvalue weighted by atomic mass is 9.96. The number of fused-ring (bicyclic) bond motifs is 1. The molecular formula is C21H23ClN2O6S2. The van der Waals surface area contributed by atoms with E-state index in [4.69, 9.17) is 21.1 Å². The van der Waals surface area contributed by atoms with Crippen molar-refractivity contribution in [3.05, 3.63) is 44.6 Å². The molecule has 8 nitrogen and oxygen atoms in total. The smallest absolute Gasteiger partial charge is 0.339 e. The third kappa shape index (κ3) is 4.99. The molecule has 0 atom stereocenters. The molecule has 0 spiro atoms. The summed E-state index contributed by atoms with van der Waals surface area (Å²) in [5.74, 6) is -1.14. The molecule has 0 saturated carbocycles. The summed E-state index contributed by atoms with van der Waals surface area (Å²) in [4.78, 5) is 26.0. The number of carbonyl (C=O) groups is 2. The molecule has 2 aliphatic rings. The standard InChI is InChI=1S/C21H23ClN2O6S2/c22-17-6-5-14(32(27,28)24-7-9-29-10-8-24)11-18(17)23-20(25)12-30-21(26)16-13-31-19-4-2-1-3-15(16)19/h5-6,11,13H,1-4,7-10,12H2,(H,23,25). The second kappa shape index (κ2) is 9.88. The number of sulfonamides is 1. The van der Waals surface area contributed by atoms with E-state index in [0.29, 0.717) is 18.8 Å². The Morgan fingerprint density at radius 3 is 2.72 bits per heavy atom. The Bertz CT molecular complexity index is 1130. The van der Waals surface area contributed by atoms with Gasteiger partial charge in [0.15, 0.2) is 6.61 Å². The van der Waals surface area contributed by atoms with Crippen molar-refractivity contribution in [1.29, 1.82) is 0 Å². The molecule has 1 aromatic carbocycles. The number of ether oxygens (including phenoxy) is 2. The largest absolute Gasteiger partial charge is 0.452 e. The van der Waals surface area contributed by atoms with Crippen LogP contribution in [0, 0.1) is 0 Å². The summed E-state index contributed by atoms with van der Waals surface area (Å²) in [7, 11) is -3.74. The summed E-state index contributed by atoms with van der Waals surface area (Å²) in [6, 6.07) is 4.11. The van der Waals surface area contributed by atoms with Crippen LogP contribution in [0.25, 0.3) is 0 Å². The van der Waals surface area contributed by atoms with Crippen molar-refractivity contribution in [2.24, 2.45) is 0 Å². The minimum Gasteiger partial charge on any atom is -0.452 e. The first-order valence-corrected chi connectivity index (χ1v) is 13.0. The molecule has 0 bridgehead atoms. The fourth-order valence-electron chi connectivity index (χ4n) is 3.76. The third-order valence-corrected chi connectivity index (χ3v) is 8.75. The van der Waals surface area contributed by atoms with Crippen molar-refractivity contribution in [1.82, 2.24) is 4.31 Å². The van der Waals surface area contributed by atoms with Gasteiger partial charge in [-0.15, -0.1) is 11.3 Å².